The average molecular weight is 239 g/mol. The van der Waals surface area contributed by atoms with Gasteiger partial charge in [0.25, 0.3) is 0 Å². The molecule has 2 rings (SSSR count). The van der Waals surface area contributed by atoms with Crippen molar-refractivity contribution in [1.82, 2.24) is 5.32 Å². The van der Waals surface area contributed by atoms with Crippen LogP contribution >= 0.6 is 0 Å². The molecule has 0 radical (unpaired) electrons. The van der Waals surface area contributed by atoms with E-state index in [1.807, 2.05) is 7.05 Å². The van der Waals surface area contributed by atoms with Crippen molar-refractivity contribution in [3.8, 4) is 0 Å². The molecule has 0 amide bonds. The Bertz CT molecular complexity index is 429. The normalized spacial score (nSPS) is 24.3. The van der Waals surface area contributed by atoms with E-state index in [0.29, 0.717) is 23.5 Å². The third-order valence-electron chi connectivity index (χ3n) is 3.85. The van der Waals surface area contributed by atoms with E-state index < -0.39 is 11.6 Å². The Balaban J connectivity index is 2.59. The van der Waals surface area contributed by atoms with E-state index in [9.17, 15) is 8.78 Å². The second-order valence-corrected chi connectivity index (χ2v) is 5.08. The van der Waals surface area contributed by atoms with Crippen LogP contribution in [0.1, 0.15) is 42.5 Å². The summed E-state index contributed by atoms with van der Waals surface area (Å²) < 4.78 is 27.5. The maximum absolute atomic E-state index is 13.9. The van der Waals surface area contributed by atoms with Gasteiger partial charge in [-0.25, -0.2) is 8.78 Å². The molecular weight excluding hydrogens is 220 g/mol. The van der Waals surface area contributed by atoms with Crippen LogP contribution in [0.2, 0.25) is 0 Å². The lowest BCUT2D eigenvalue weighted by molar-refractivity contribution is 0.426. The Kier molecular flexibility index (Phi) is 3.48. The number of fused-ring (bicyclic) bond motifs is 1. The van der Waals surface area contributed by atoms with Crippen molar-refractivity contribution in [2.45, 2.75) is 39.2 Å². The first-order chi connectivity index (χ1) is 8.04. The summed E-state index contributed by atoms with van der Waals surface area (Å²) >= 11 is 0. The van der Waals surface area contributed by atoms with Crippen LogP contribution in [-0.2, 0) is 6.42 Å². The highest BCUT2D eigenvalue weighted by atomic mass is 19.1. The van der Waals surface area contributed by atoms with Crippen molar-refractivity contribution in [2.24, 2.45) is 5.92 Å². The van der Waals surface area contributed by atoms with Crippen LogP contribution in [0.4, 0.5) is 8.78 Å². The number of hydrogen-bond acceptors (Lipinski definition) is 1. The molecule has 17 heavy (non-hydrogen) atoms. The summed E-state index contributed by atoms with van der Waals surface area (Å²) in [7, 11) is 1.86. The molecule has 1 aromatic carbocycles. The van der Waals surface area contributed by atoms with Crippen LogP contribution < -0.4 is 5.32 Å². The van der Waals surface area contributed by atoms with Crippen molar-refractivity contribution < 1.29 is 8.78 Å². The number of halogens is 2. The van der Waals surface area contributed by atoms with Crippen molar-refractivity contribution >= 4 is 0 Å². The molecule has 0 aliphatic heterocycles. The second-order valence-electron chi connectivity index (χ2n) is 5.08. The van der Waals surface area contributed by atoms with E-state index in [4.69, 9.17) is 0 Å². The maximum atomic E-state index is 13.9. The minimum Gasteiger partial charge on any atom is -0.313 e. The molecule has 0 saturated carbocycles. The lowest BCUT2D eigenvalue weighted by atomic mass is 9.92. The van der Waals surface area contributed by atoms with Crippen LogP contribution in [0.5, 0.6) is 0 Å². The quantitative estimate of drug-likeness (QED) is 0.739. The number of nitrogens with one attached hydrogen (secondary N) is 1. The number of hydrogen-bond donors (Lipinski definition) is 1. The molecule has 0 spiro atoms. The molecule has 0 bridgehead atoms. The minimum absolute atomic E-state index is 0.0627. The van der Waals surface area contributed by atoms with Gasteiger partial charge >= 0.3 is 0 Å². The zero-order valence-electron chi connectivity index (χ0n) is 10.6. The summed E-state index contributed by atoms with van der Waals surface area (Å²) in [5, 5.41) is 3.19. The topological polar surface area (TPSA) is 12.0 Å². The van der Waals surface area contributed by atoms with Crippen LogP contribution in [0.15, 0.2) is 6.07 Å². The third kappa shape index (κ3) is 2.21. The molecule has 1 aliphatic rings. The molecule has 0 fully saturated rings. The standard InChI is InChI=1S/C14H19F2N/c1-8-4-5-10-12(16)7-11(15)9(2)14(10)13(6-8)17-3/h7-8,13,17H,4-6H2,1-3H3. The van der Waals surface area contributed by atoms with Gasteiger partial charge in [-0.2, -0.15) is 0 Å². The van der Waals surface area contributed by atoms with Gasteiger partial charge in [0.15, 0.2) is 0 Å². The van der Waals surface area contributed by atoms with E-state index in [1.165, 1.54) is 0 Å². The summed E-state index contributed by atoms with van der Waals surface area (Å²) in [6.07, 6.45) is 2.61. The fraction of sp³-hybridized carbons (Fsp3) is 0.571. The predicted octanol–water partition coefficient (Wildman–Crippen LogP) is 3.51. The lowest BCUT2D eigenvalue weighted by Gasteiger charge is -2.21. The summed E-state index contributed by atoms with van der Waals surface area (Å²) in [4.78, 5) is 0. The summed E-state index contributed by atoms with van der Waals surface area (Å²) in [6.45, 7) is 3.91. The number of rotatable bonds is 1. The van der Waals surface area contributed by atoms with Crippen LogP contribution in [0.3, 0.4) is 0 Å². The van der Waals surface area contributed by atoms with Crippen molar-refractivity contribution in [1.29, 1.82) is 0 Å². The van der Waals surface area contributed by atoms with Gasteiger partial charge in [0.1, 0.15) is 11.6 Å². The third-order valence-corrected chi connectivity index (χ3v) is 3.85. The molecule has 0 saturated heterocycles. The van der Waals surface area contributed by atoms with E-state index in [-0.39, 0.29) is 6.04 Å². The summed E-state index contributed by atoms with van der Waals surface area (Å²) in [6, 6.07) is 1.09. The van der Waals surface area contributed by atoms with E-state index in [1.54, 1.807) is 6.92 Å². The fourth-order valence-electron chi connectivity index (χ4n) is 2.81. The fourth-order valence-corrected chi connectivity index (χ4v) is 2.81. The lowest BCUT2D eigenvalue weighted by Crippen LogP contribution is -2.20. The average Bonchev–Trinajstić information content (AvgIpc) is 2.45. The van der Waals surface area contributed by atoms with E-state index in [0.717, 1.165) is 24.5 Å². The first-order valence-electron chi connectivity index (χ1n) is 6.19. The Morgan fingerprint density at radius 3 is 2.65 bits per heavy atom. The minimum atomic E-state index is -0.434. The maximum Gasteiger partial charge on any atom is 0.129 e. The molecule has 2 atom stereocenters. The van der Waals surface area contributed by atoms with E-state index >= 15 is 0 Å². The monoisotopic (exact) mass is 239 g/mol. The smallest absolute Gasteiger partial charge is 0.129 e. The molecule has 1 nitrogen and oxygen atoms in total. The zero-order valence-corrected chi connectivity index (χ0v) is 10.6. The summed E-state index contributed by atoms with van der Waals surface area (Å²) in [5.41, 5.74) is 2.14. The highest BCUT2D eigenvalue weighted by molar-refractivity contribution is 5.40. The van der Waals surface area contributed by atoms with Gasteiger partial charge in [-0.1, -0.05) is 6.92 Å². The predicted molar refractivity (Wildman–Crippen MR) is 65.0 cm³/mol. The Hall–Kier alpha value is -0.960. The van der Waals surface area contributed by atoms with Crippen LogP contribution in [0, 0.1) is 24.5 Å². The molecule has 2 unspecified atom stereocenters. The first-order valence-corrected chi connectivity index (χ1v) is 6.19. The second kappa shape index (κ2) is 4.73. The van der Waals surface area contributed by atoms with E-state index in [2.05, 4.69) is 12.2 Å². The largest absolute Gasteiger partial charge is 0.313 e. The highest BCUT2D eigenvalue weighted by Gasteiger charge is 2.26. The van der Waals surface area contributed by atoms with Crippen molar-refractivity contribution in [3.05, 3.63) is 34.4 Å². The first kappa shape index (κ1) is 12.5. The van der Waals surface area contributed by atoms with Gasteiger partial charge in [-0.3, -0.25) is 0 Å². The number of benzene rings is 1. The van der Waals surface area contributed by atoms with Crippen LogP contribution in [0.25, 0.3) is 0 Å². The Morgan fingerprint density at radius 2 is 2.00 bits per heavy atom. The molecule has 1 aliphatic carbocycles. The zero-order chi connectivity index (χ0) is 12.6. The van der Waals surface area contributed by atoms with Gasteiger partial charge in [-0.05, 0) is 55.8 Å². The summed E-state index contributed by atoms with van der Waals surface area (Å²) in [5.74, 6) is -0.296. The molecule has 1 aromatic rings. The Morgan fingerprint density at radius 1 is 1.29 bits per heavy atom. The molecule has 0 aromatic heterocycles. The van der Waals surface area contributed by atoms with Crippen molar-refractivity contribution in [3.63, 3.8) is 0 Å². The van der Waals surface area contributed by atoms with Crippen LogP contribution in [-0.4, -0.2) is 7.05 Å². The van der Waals surface area contributed by atoms with Gasteiger partial charge in [0.2, 0.25) is 0 Å². The molecule has 94 valence electrons. The van der Waals surface area contributed by atoms with Crippen molar-refractivity contribution in [2.75, 3.05) is 7.05 Å². The highest BCUT2D eigenvalue weighted by Crippen LogP contribution is 2.35. The van der Waals surface area contributed by atoms with Gasteiger partial charge < -0.3 is 5.32 Å². The molecular formula is C14H19F2N. The Labute approximate surface area is 101 Å². The van der Waals surface area contributed by atoms with Gasteiger partial charge in [-0.15, -0.1) is 0 Å². The molecule has 3 heteroatoms. The van der Waals surface area contributed by atoms with Gasteiger partial charge in [0.05, 0.1) is 0 Å². The van der Waals surface area contributed by atoms with Gasteiger partial charge in [0, 0.05) is 12.1 Å². The molecule has 0 heterocycles. The SMILES string of the molecule is CNC1CC(C)CCc2c(F)cc(F)c(C)c21. The molecule has 1 N–H and O–H groups in total.